The van der Waals surface area contributed by atoms with Crippen molar-refractivity contribution in [1.29, 1.82) is 0 Å². The number of para-hydroxylation sites is 1. The highest BCUT2D eigenvalue weighted by molar-refractivity contribution is 5.77. The molecule has 1 heterocycles. The molecule has 0 radical (unpaired) electrons. The lowest BCUT2D eigenvalue weighted by molar-refractivity contribution is -0.124. The third kappa shape index (κ3) is 3.38. The van der Waals surface area contributed by atoms with Crippen LogP contribution in [0.1, 0.15) is 19.5 Å². The SMILES string of the molecule is Cc1cc(OCNC(=O)C(C)C)n(-c2ccccc2)n1. The van der Waals surface area contributed by atoms with Crippen molar-refractivity contribution in [3.63, 3.8) is 0 Å². The molecule has 0 atom stereocenters. The number of hydrogen-bond donors (Lipinski definition) is 1. The molecule has 5 nitrogen and oxygen atoms in total. The van der Waals surface area contributed by atoms with E-state index in [1.807, 2.05) is 57.2 Å². The van der Waals surface area contributed by atoms with E-state index < -0.39 is 0 Å². The first-order chi connectivity index (χ1) is 9.58. The molecular weight excluding hydrogens is 254 g/mol. The van der Waals surface area contributed by atoms with E-state index in [0.717, 1.165) is 11.4 Å². The van der Waals surface area contributed by atoms with E-state index in [1.54, 1.807) is 4.68 Å². The van der Waals surface area contributed by atoms with E-state index in [2.05, 4.69) is 10.4 Å². The van der Waals surface area contributed by atoms with Crippen LogP contribution < -0.4 is 10.1 Å². The fourth-order valence-corrected chi connectivity index (χ4v) is 1.72. The molecule has 0 bridgehead atoms. The van der Waals surface area contributed by atoms with Crippen LogP contribution in [0.5, 0.6) is 5.88 Å². The number of amides is 1. The second-order valence-electron chi connectivity index (χ2n) is 4.86. The Morgan fingerprint density at radius 2 is 2.05 bits per heavy atom. The number of nitrogens with one attached hydrogen (secondary N) is 1. The van der Waals surface area contributed by atoms with Gasteiger partial charge in [0, 0.05) is 12.0 Å². The van der Waals surface area contributed by atoms with Gasteiger partial charge < -0.3 is 10.1 Å². The number of carbonyl (C=O) groups excluding carboxylic acids is 1. The van der Waals surface area contributed by atoms with Crippen LogP contribution in [0, 0.1) is 12.8 Å². The van der Waals surface area contributed by atoms with Gasteiger partial charge in [0.05, 0.1) is 11.4 Å². The molecule has 2 rings (SSSR count). The number of aromatic nitrogens is 2. The summed E-state index contributed by atoms with van der Waals surface area (Å²) in [6.07, 6.45) is 0. The van der Waals surface area contributed by atoms with Crippen molar-refractivity contribution >= 4 is 5.91 Å². The molecular formula is C15H19N3O2. The van der Waals surface area contributed by atoms with Crippen LogP contribution >= 0.6 is 0 Å². The lowest BCUT2D eigenvalue weighted by atomic mass is 10.2. The van der Waals surface area contributed by atoms with Crippen molar-refractivity contribution in [2.45, 2.75) is 20.8 Å². The molecule has 0 aliphatic rings. The van der Waals surface area contributed by atoms with E-state index >= 15 is 0 Å². The van der Waals surface area contributed by atoms with Gasteiger partial charge in [-0.1, -0.05) is 32.0 Å². The summed E-state index contributed by atoms with van der Waals surface area (Å²) < 4.78 is 7.32. The third-order valence-electron chi connectivity index (χ3n) is 2.79. The van der Waals surface area contributed by atoms with Crippen molar-refractivity contribution < 1.29 is 9.53 Å². The molecule has 0 aliphatic heterocycles. The standard InChI is InChI=1S/C15H19N3O2/c1-11(2)15(19)16-10-20-14-9-12(3)17-18(14)13-7-5-4-6-8-13/h4-9,11H,10H2,1-3H3,(H,16,19). The summed E-state index contributed by atoms with van der Waals surface area (Å²) in [6.45, 7) is 5.72. The Balaban J connectivity index is 2.07. The van der Waals surface area contributed by atoms with Gasteiger partial charge in [0.2, 0.25) is 11.8 Å². The highest BCUT2D eigenvalue weighted by Crippen LogP contribution is 2.18. The predicted molar refractivity (Wildman–Crippen MR) is 76.8 cm³/mol. The number of hydrogen-bond acceptors (Lipinski definition) is 3. The zero-order valence-corrected chi connectivity index (χ0v) is 12.0. The van der Waals surface area contributed by atoms with E-state index in [0.29, 0.717) is 5.88 Å². The van der Waals surface area contributed by atoms with Gasteiger partial charge in [0.1, 0.15) is 0 Å². The quantitative estimate of drug-likeness (QED) is 0.850. The Hall–Kier alpha value is -2.30. The number of carbonyl (C=O) groups is 1. The van der Waals surface area contributed by atoms with Crippen molar-refractivity contribution in [2.24, 2.45) is 5.92 Å². The van der Waals surface area contributed by atoms with Crippen LogP contribution in [0.15, 0.2) is 36.4 Å². The van der Waals surface area contributed by atoms with Gasteiger partial charge in [-0.05, 0) is 19.1 Å². The van der Waals surface area contributed by atoms with Crippen molar-refractivity contribution in [3.8, 4) is 11.6 Å². The van der Waals surface area contributed by atoms with Gasteiger partial charge in [-0.3, -0.25) is 4.79 Å². The van der Waals surface area contributed by atoms with Crippen LogP contribution in [-0.4, -0.2) is 22.4 Å². The monoisotopic (exact) mass is 273 g/mol. The average Bonchev–Trinajstić information content (AvgIpc) is 2.80. The van der Waals surface area contributed by atoms with Gasteiger partial charge in [-0.25, -0.2) is 4.68 Å². The Morgan fingerprint density at radius 1 is 1.35 bits per heavy atom. The molecule has 1 N–H and O–H groups in total. The molecule has 0 unspecified atom stereocenters. The molecule has 2 aromatic rings. The first-order valence-corrected chi connectivity index (χ1v) is 6.60. The smallest absolute Gasteiger partial charge is 0.225 e. The molecule has 1 amide bonds. The molecule has 0 saturated heterocycles. The number of nitrogens with zero attached hydrogens (tertiary/aromatic N) is 2. The summed E-state index contributed by atoms with van der Waals surface area (Å²) in [7, 11) is 0. The predicted octanol–water partition coefficient (Wildman–Crippen LogP) is 2.29. The van der Waals surface area contributed by atoms with Crippen LogP contribution in [0.4, 0.5) is 0 Å². The molecule has 0 spiro atoms. The van der Waals surface area contributed by atoms with Crippen LogP contribution in [0.3, 0.4) is 0 Å². The Kier molecular flexibility index (Phi) is 4.40. The maximum atomic E-state index is 11.5. The molecule has 5 heteroatoms. The fourth-order valence-electron chi connectivity index (χ4n) is 1.72. The number of ether oxygens (including phenoxy) is 1. The van der Waals surface area contributed by atoms with Gasteiger partial charge >= 0.3 is 0 Å². The van der Waals surface area contributed by atoms with Gasteiger partial charge in [-0.2, -0.15) is 5.10 Å². The zero-order valence-electron chi connectivity index (χ0n) is 12.0. The third-order valence-corrected chi connectivity index (χ3v) is 2.79. The lowest BCUT2D eigenvalue weighted by Crippen LogP contribution is -2.31. The van der Waals surface area contributed by atoms with E-state index in [-0.39, 0.29) is 18.6 Å². The van der Waals surface area contributed by atoms with Crippen molar-refractivity contribution in [3.05, 3.63) is 42.1 Å². The van der Waals surface area contributed by atoms with E-state index in [9.17, 15) is 4.79 Å². The van der Waals surface area contributed by atoms with Crippen molar-refractivity contribution in [2.75, 3.05) is 6.73 Å². The minimum Gasteiger partial charge on any atom is -0.456 e. The minimum absolute atomic E-state index is 0.0347. The molecule has 0 saturated carbocycles. The maximum absolute atomic E-state index is 11.5. The Labute approximate surface area is 118 Å². The van der Waals surface area contributed by atoms with Crippen LogP contribution in [0.25, 0.3) is 5.69 Å². The second kappa shape index (κ2) is 6.23. The summed E-state index contributed by atoms with van der Waals surface area (Å²) in [5, 5.41) is 7.11. The Morgan fingerprint density at radius 3 is 2.70 bits per heavy atom. The number of rotatable bonds is 5. The van der Waals surface area contributed by atoms with Crippen molar-refractivity contribution in [1.82, 2.24) is 15.1 Å². The largest absolute Gasteiger partial charge is 0.456 e. The fraction of sp³-hybridized carbons (Fsp3) is 0.333. The van der Waals surface area contributed by atoms with Crippen LogP contribution in [0.2, 0.25) is 0 Å². The molecule has 106 valence electrons. The lowest BCUT2D eigenvalue weighted by Gasteiger charge is -2.11. The highest BCUT2D eigenvalue weighted by atomic mass is 16.5. The summed E-state index contributed by atoms with van der Waals surface area (Å²) >= 11 is 0. The molecule has 0 fully saturated rings. The topological polar surface area (TPSA) is 56.1 Å². The van der Waals surface area contributed by atoms with Gasteiger partial charge in [-0.15, -0.1) is 0 Å². The second-order valence-corrected chi connectivity index (χ2v) is 4.86. The summed E-state index contributed by atoms with van der Waals surface area (Å²) in [5.41, 5.74) is 1.78. The van der Waals surface area contributed by atoms with Gasteiger partial charge in [0.25, 0.3) is 0 Å². The van der Waals surface area contributed by atoms with Crippen LogP contribution in [-0.2, 0) is 4.79 Å². The van der Waals surface area contributed by atoms with Gasteiger partial charge in [0.15, 0.2) is 6.73 Å². The molecule has 20 heavy (non-hydrogen) atoms. The minimum atomic E-state index is -0.0561. The number of benzene rings is 1. The normalized spacial score (nSPS) is 10.6. The summed E-state index contributed by atoms with van der Waals surface area (Å²) in [6, 6.07) is 11.6. The summed E-state index contributed by atoms with van der Waals surface area (Å²) in [4.78, 5) is 11.5. The Bertz CT molecular complexity index is 576. The molecule has 0 aliphatic carbocycles. The van der Waals surface area contributed by atoms with E-state index in [4.69, 9.17) is 4.74 Å². The summed E-state index contributed by atoms with van der Waals surface area (Å²) in [5.74, 6) is 0.518. The highest BCUT2D eigenvalue weighted by Gasteiger charge is 2.10. The first kappa shape index (κ1) is 14.1. The zero-order chi connectivity index (χ0) is 14.5. The van der Waals surface area contributed by atoms with E-state index in [1.165, 1.54) is 0 Å². The first-order valence-electron chi connectivity index (χ1n) is 6.60. The average molecular weight is 273 g/mol. The molecule has 1 aromatic heterocycles. The number of aryl methyl sites for hydroxylation is 1. The maximum Gasteiger partial charge on any atom is 0.225 e. The molecule has 1 aromatic carbocycles.